The molecule has 0 aliphatic rings. The summed E-state index contributed by atoms with van der Waals surface area (Å²) in [6.45, 7) is 2.38. The Hall–Kier alpha value is -2.87. The lowest BCUT2D eigenvalue weighted by atomic mass is 10.3. The summed E-state index contributed by atoms with van der Waals surface area (Å²) in [6, 6.07) is 10.9. The Labute approximate surface area is 151 Å². The lowest BCUT2D eigenvalue weighted by molar-refractivity contribution is -0.135. The van der Waals surface area contributed by atoms with Gasteiger partial charge in [0.1, 0.15) is 11.6 Å². The Balaban J connectivity index is 2.33. The third-order valence-corrected chi connectivity index (χ3v) is 5.09. The summed E-state index contributed by atoms with van der Waals surface area (Å²) in [7, 11) is -3.11. The van der Waals surface area contributed by atoms with E-state index in [2.05, 4.69) is 10.1 Å². The summed E-state index contributed by atoms with van der Waals surface area (Å²) in [6.07, 6.45) is 1.04. The second-order valence-corrected chi connectivity index (χ2v) is 6.98. The molecule has 2 aromatic rings. The molecular weight excluding hydrogens is 361 g/mol. The predicted molar refractivity (Wildman–Crippen MR) is 94.9 cm³/mol. The average Bonchev–Trinajstić information content (AvgIpc) is 2.63. The Morgan fingerprint density at radius 2 is 1.73 bits per heavy atom. The standard InChI is InChI=1S/C18H18FNO5S/c1-3-25-15-8-6-14(7-9-15)20-12-17(18(21)24-2)26(22,23)16-10-4-13(19)5-11-16/h4-12,20H,3H2,1-2H3. The van der Waals surface area contributed by atoms with Crippen molar-refractivity contribution in [3.63, 3.8) is 0 Å². The van der Waals surface area contributed by atoms with Gasteiger partial charge in [0.25, 0.3) is 0 Å². The van der Waals surface area contributed by atoms with Crippen molar-refractivity contribution in [3.8, 4) is 5.75 Å². The zero-order valence-corrected chi connectivity index (χ0v) is 15.0. The summed E-state index contributed by atoms with van der Waals surface area (Å²) in [5.41, 5.74) is 0.546. The van der Waals surface area contributed by atoms with Gasteiger partial charge in [0, 0.05) is 11.9 Å². The summed E-state index contributed by atoms with van der Waals surface area (Å²) in [4.78, 5) is 11.1. The van der Waals surface area contributed by atoms with Gasteiger partial charge < -0.3 is 14.8 Å². The molecule has 0 heterocycles. The van der Waals surface area contributed by atoms with Crippen molar-refractivity contribution in [2.24, 2.45) is 0 Å². The number of carbonyl (C=O) groups is 1. The van der Waals surface area contributed by atoms with E-state index in [4.69, 9.17) is 4.74 Å². The van der Waals surface area contributed by atoms with Crippen LogP contribution in [0.15, 0.2) is 64.5 Å². The van der Waals surface area contributed by atoms with Gasteiger partial charge in [0.05, 0.1) is 18.6 Å². The number of anilines is 1. The molecule has 6 nitrogen and oxygen atoms in total. The second kappa shape index (κ2) is 8.48. The van der Waals surface area contributed by atoms with Crippen LogP contribution in [0.3, 0.4) is 0 Å². The average molecular weight is 379 g/mol. The van der Waals surface area contributed by atoms with E-state index in [0.717, 1.165) is 37.6 Å². The number of hydrogen-bond donors (Lipinski definition) is 1. The van der Waals surface area contributed by atoms with Crippen LogP contribution in [0.25, 0.3) is 0 Å². The number of esters is 1. The van der Waals surface area contributed by atoms with Crippen molar-refractivity contribution < 1.29 is 27.1 Å². The van der Waals surface area contributed by atoms with Gasteiger partial charge in [-0.3, -0.25) is 0 Å². The first-order valence-electron chi connectivity index (χ1n) is 7.67. The maximum Gasteiger partial charge on any atom is 0.351 e. The maximum absolute atomic E-state index is 13.0. The quantitative estimate of drug-likeness (QED) is 0.452. The molecule has 26 heavy (non-hydrogen) atoms. The molecule has 8 heteroatoms. The largest absolute Gasteiger partial charge is 0.494 e. The van der Waals surface area contributed by atoms with E-state index in [0.29, 0.717) is 18.0 Å². The van der Waals surface area contributed by atoms with E-state index < -0.39 is 26.5 Å². The zero-order valence-electron chi connectivity index (χ0n) is 14.2. The number of halogens is 1. The molecule has 1 N–H and O–H groups in total. The van der Waals surface area contributed by atoms with Crippen molar-refractivity contribution in [2.45, 2.75) is 11.8 Å². The van der Waals surface area contributed by atoms with E-state index >= 15 is 0 Å². The second-order valence-electron chi connectivity index (χ2n) is 5.06. The van der Waals surface area contributed by atoms with Gasteiger partial charge in [-0.05, 0) is 55.5 Å². The fraction of sp³-hybridized carbons (Fsp3) is 0.167. The Morgan fingerprint density at radius 1 is 1.12 bits per heavy atom. The molecule has 0 saturated heterocycles. The minimum Gasteiger partial charge on any atom is -0.494 e. The van der Waals surface area contributed by atoms with E-state index in [1.807, 2.05) is 6.92 Å². The highest BCUT2D eigenvalue weighted by atomic mass is 32.2. The van der Waals surface area contributed by atoms with Crippen LogP contribution in [-0.2, 0) is 19.4 Å². The van der Waals surface area contributed by atoms with Crippen LogP contribution in [0.2, 0.25) is 0 Å². The number of rotatable bonds is 7. The van der Waals surface area contributed by atoms with Gasteiger partial charge in [-0.2, -0.15) is 0 Å². The minimum atomic E-state index is -4.18. The van der Waals surface area contributed by atoms with Crippen LogP contribution >= 0.6 is 0 Å². The number of nitrogens with one attached hydrogen (secondary N) is 1. The number of sulfone groups is 1. The highest BCUT2D eigenvalue weighted by molar-refractivity contribution is 7.96. The number of methoxy groups -OCH3 is 1. The lowest BCUT2D eigenvalue weighted by Crippen LogP contribution is -2.17. The van der Waals surface area contributed by atoms with Gasteiger partial charge in [-0.1, -0.05) is 0 Å². The topological polar surface area (TPSA) is 81.7 Å². The molecule has 138 valence electrons. The molecule has 0 unspecified atom stereocenters. The maximum atomic E-state index is 13.0. The van der Waals surface area contributed by atoms with Crippen LogP contribution in [-0.4, -0.2) is 28.1 Å². The summed E-state index contributed by atoms with van der Waals surface area (Å²) >= 11 is 0. The van der Waals surface area contributed by atoms with Crippen molar-refractivity contribution in [1.82, 2.24) is 0 Å². The Morgan fingerprint density at radius 3 is 2.27 bits per heavy atom. The molecule has 0 spiro atoms. The minimum absolute atomic E-state index is 0.218. The molecule has 0 radical (unpaired) electrons. The number of hydrogen-bond acceptors (Lipinski definition) is 6. The number of benzene rings is 2. The molecule has 0 atom stereocenters. The predicted octanol–water partition coefficient (Wildman–Crippen LogP) is 3.12. The third kappa shape index (κ3) is 4.60. The molecule has 0 aliphatic heterocycles. The highest BCUT2D eigenvalue weighted by Crippen LogP contribution is 2.22. The fourth-order valence-electron chi connectivity index (χ4n) is 2.05. The van der Waals surface area contributed by atoms with Crippen molar-refractivity contribution in [2.75, 3.05) is 19.0 Å². The SMILES string of the molecule is CCOc1ccc(NC=C(C(=O)OC)S(=O)(=O)c2ccc(F)cc2)cc1. The summed E-state index contributed by atoms with van der Waals surface area (Å²) in [5, 5.41) is 2.74. The molecule has 0 amide bonds. The first-order valence-corrected chi connectivity index (χ1v) is 9.15. The summed E-state index contributed by atoms with van der Waals surface area (Å²) in [5.74, 6) is -0.957. The zero-order chi connectivity index (χ0) is 19.2. The van der Waals surface area contributed by atoms with Crippen molar-refractivity contribution >= 4 is 21.5 Å². The van der Waals surface area contributed by atoms with Gasteiger partial charge in [-0.25, -0.2) is 17.6 Å². The van der Waals surface area contributed by atoms with Crippen LogP contribution in [0.1, 0.15) is 6.92 Å². The molecule has 2 rings (SSSR count). The molecule has 0 fully saturated rings. The van der Waals surface area contributed by atoms with E-state index in [-0.39, 0.29) is 4.90 Å². The van der Waals surface area contributed by atoms with E-state index in [1.165, 1.54) is 0 Å². The smallest absolute Gasteiger partial charge is 0.351 e. The molecular formula is C18H18FNO5S. The van der Waals surface area contributed by atoms with Crippen LogP contribution in [0, 0.1) is 5.82 Å². The first kappa shape index (κ1) is 19.5. The third-order valence-electron chi connectivity index (χ3n) is 3.34. The summed E-state index contributed by atoms with van der Waals surface area (Å²) < 4.78 is 48.2. The van der Waals surface area contributed by atoms with Crippen LogP contribution in [0.4, 0.5) is 10.1 Å². The van der Waals surface area contributed by atoms with Crippen LogP contribution in [0.5, 0.6) is 5.75 Å². The first-order chi connectivity index (χ1) is 12.4. The van der Waals surface area contributed by atoms with Crippen molar-refractivity contribution in [1.29, 1.82) is 0 Å². The van der Waals surface area contributed by atoms with Gasteiger partial charge >= 0.3 is 5.97 Å². The monoisotopic (exact) mass is 379 g/mol. The molecule has 0 aromatic heterocycles. The molecule has 0 aliphatic carbocycles. The van der Waals surface area contributed by atoms with Crippen LogP contribution < -0.4 is 10.1 Å². The fourth-order valence-corrected chi connectivity index (χ4v) is 3.32. The lowest BCUT2D eigenvalue weighted by Gasteiger charge is -2.09. The molecule has 2 aromatic carbocycles. The van der Waals surface area contributed by atoms with Gasteiger partial charge in [-0.15, -0.1) is 0 Å². The molecule has 0 bridgehead atoms. The van der Waals surface area contributed by atoms with Crippen molar-refractivity contribution in [3.05, 3.63) is 65.5 Å². The Bertz CT molecular complexity index is 890. The molecule has 0 saturated carbocycles. The number of carbonyl (C=O) groups excluding carboxylic acids is 1. The highest BCUT2D eigenvalue weighted by Gasteiger charge is 2.28. The van der Waals surface area contributed by atoms with Gasteiger partial charge in [0.15, 0.2) is 4.91 Å². The Kier molecular flexibility index (Phi) is 6.35. The van der Waals surface area contributed by atoms with E-state index in [1.54, 1.807) is 24.3 Å². The number of ether oxygens (including phenoxy) is 2. The van der Waals surface area contributed by atoms with Gasteiger partial charge in [0.2, 0.25) is 9.84 Å². The normalized spacial score (nSPS) is 11.7. The van der Waals surface area contributed by atoms with E-state index in [9.17, 15) is 17.6 Å².